The van der Waals surface area contributed by atoms with E-state index in [1.807, 2.05) is 21.1 Å². The first-order valence-corrected chi connectivity index (χ1v) is 26.7. The van der Waals surface area contributed by atoms with E-state index in [4.69, 9.17) is 9.05 Å². The number of likely N-dealkylation sites (N-methyl/N-ethyl adjacent to an activating group) is 1. The maximum absolute atomic E-state index is 12.8. The Labute approximate surface area is 366 Å². The van der Waals surface area contributed by atoms with Gasteiger partial charge in [-0.1, -0.05) is 212 Å². The lowest BCUT2D eigenvalue weighted by Gasteiger charge is -2.26. The minimum absolute atomic E-state index is 0.0752. The molecule has 1 amide bonds. The number of phosphoric acid groups is 1. The predicted molar refractivity (Wildman–Crippen MR) is 254 cm³/mol. The van der Waals surface area contributed by atoms with E-state index >= 15 is 0 Å². The topological polar surface area (TPSA) is 105 Å². The van der Waals surface area contributed by atoms with Crippen LogP contribution in [0.4, 0.5) is 0 Å². The Morgan fingerprint density at radius 1 is 0.576 bits per heavy atom. The number of unbranched alkanes of at least 4 members (excludes halogenated alkanes) is 29. The van der Waals surface area contributed by atoms with Crippen molar-refractivity contribution >= 4 is 13.7 Å². The molecule has 0 aliphatic heterocycles. The second-order valence-corrected chi connectivity index (χ2v) is 20.0. The molecule has 0 aromatic rings. The molecule has 3 N–H and O–H groups in total. The summed E-state index contributed by atoms with van der Waals surface area (Å²) < 4.78 is 23.4. The molecule has 0 aromatic carbocycles. The van der Waals surface area contributed by atoms with E-state index in [2.05, 4.69) is 43.5 Å². The van der Waals surface area contributed by atoms with Crippen molar-refractivity contribution in [2.45, 2.75) is 251 Å². The van der Waals surface area contributed by atoms with Gasteiger partial charge in [-0.25, -0.2) is 4.57 Å². The van der Waals surface area contributed by atoms with E-state index in [0.717, 1.165) is 51.4 Å². The third kappa shape index (κ3) is 44.8. The maximum atomic E-state index is 12.8. The number of carbonyl (C=O) groups is 1. The van der Waals surface area contributed by atoms with E-state index in [-0.39, 0.29) is 19.1 Å². The van der Waals surface area contributed by atoms with Gasteiger partial charge in [0.25, 0.3) is 0 Å². The molecule has 0 spiro atoms. The fraction of sp³-hybridized carbons (Fsp3) is 0.900. The molecule has 0 heterocycles. The van der Waals surface area contributed by atoms with E-state index in [1.165, 1.54) is 161 Å². The van der Waals surface area contributed by atoms with Crippen LogP contribution in [0, 0.1) is 0 Å². The van der Waals surface area contributed by atoms with Crippen LogP contribution in [0.15, 0.2) is 24.3 Å². The Hall–Kier alpha value is -1.02. The molecule has 9 heteroatoms. The van der Waals surface area contributed by atoms with E-state index < -0.39 is 20.0 Å². The molecule has 59 heavy (non-hydrogen) atoms. The van der Waals surface area contributed by atoms with Gasteiger partial charge in [-0.2, -0.15) is 0 Å². The van der Waals surface area contributed by atoms with Crippen LogP contribution in [0.3, 0.4) is 0 Å². The van der Waals surface area contributed by atoms with Gasteiger partial charge >= 0.3 is 7.82 Å². The summed E-state index contributed by atoms with van der Waals surface area (Å²) in [7, 11) is 1.62. The second-order valence-electron chi connectivity index (χ2n) is 18.5. The number of quaternary nitrogens is 1. The van der Waals surface area contributed by atoms with Gasteiger partial charge in [-0.15, -0.1) is 0 Å². The molecule has 0 fully saturated rings. The number of hydrogen-bond acceptors (Lipinski definition) is 5. The highest BCUT2D eigenvalue weighted by Crippen LogP contribution is 2.43. The van der Waals surface area contributed by atoms with Crippen LogP contribution in [0.1, 0.15) is 239 Å². The third-order valence-electron chi connectivity index (χ3n) is 11.5. The minimum atomic E-state index is -4.29. The molecule has 0 saturated carbocycles. The molecular formula is C50H100N2O6P+. The molecule has 8 nitrogen and oxygen atoms in total. The average Bonchev–Trinajstić information content (AvgIpc) is 3.19. The molecule has 0 saturated heterocycles. The summed E-state index contributed by atoms with van der Waals surface area (Å²) in [6.45, 7) is 4.77. The number of nitrogens with zero attached hydrogens (tertiary/aromatic N) is 1. The molecule has 0 bridgehead atoms. The molecule has 0 aliphatic rings. The minimum Gasteiger partial charge on any atom is -0.391 e. The monoisotopic (exact) mass is 856 g/mol. The quantitative estimate of drug-likeness (QED) is 0.0244. The average molecular weight is 856 g/mol. The van der Waals surface area contributed by atoms with Gasteiger partial charge in [-0.3, -0.25) is 13.8 Å². The number of aliphatic hydroxyl groups is 1. The van der Waals surface area contributed by atoms with Crippen LogP contribution in [0.25, 0.3) is 0 Å². The molecule has 0 aromatic heterocycles. The van der Waals surface area contributed by atoms with E-state index in [0.29, 0.717) is 23.9 Å². The summed E-state index contributed by atoms with van der Waals surface area (Å²) in [5.74, 6) is -0.150. The highest BCUT2D eigenvalue weighted by Gasteiger charge is 2.28. The summed E-state index contributed by atoms with van der Waals surface area (Å²) in [5, 5.41) is 13.7. The van der Waals surface area contributed by atoms with Gasteiger partial charge < -0.3 is 19.8 Å². The first-order chi connectivity index (χ1) is 28.5. The van der Waals surface area contributed by atoms with Gasteiger partial charge in [0.05, 0.1) is 39.9 Å². The van der Waals surface area contributed by atoms with Crippen LogP contribution in [-0.4, -0.2) is 73.4 Å². The van der Waals surface area contributed by atoms with Crippen LogP contribution in [0.2, 0.25) is 0 Å². The number of carbonyl (C=O) groups excluding carboxylic acids is 1. The normalized spacial score (nSPS) is 14.4. The summed E-state index contributed by atoms with van der Waals surface area (Å²) >= 11 is 0. The zero-order valence-electron chi connectivity index (χ0n) is 39.8. The van der Waals surface area contributed by atoms with Crippen LogP contribution in [0.5, 0.6) is 0 Å². The Morgan fingerprint density at radius 3 is 1.39 bits per heavy atom. The molecule has 0 aliphatic carbocycles. The van der Waals surface area contributed by atoms with Gasteiger partial charge in [0.15, 0.2) is 0 Å². The van der Waals surface area contributed by atoms with Crippen molar-refractivity contribution in [1.82, 2.24) is 5.32 Å². The van der Waals surface area contributed by atoms with Gasteiger partial charge in [0.1, 0.15) is 13.2 Å². The largest absolute Gasteiger partial charge is 0.472 e. The SMILES string of the molecule is CCCCCCC/C=C\C/C=C\CCCCCCCCCCCCCCCCCCCCCCCC(=O)NC(COP(=O)(O)OCC[N+](C)(C)C)C(O)CCCCCC. The Bertz CT molecular complexity index is 1020. The number of hydrogen-bond donors (Lipinski definition) is 3. The first kappa shape index (κ1) is 58.0. The fourth-order valence-electron chi connectivity index (χ4n) is 7.43. The number of rotatable bonds is 46. The highest BCUT2D eigenvalue weighted by atomic mass is 31.2. The molecular weight excluding hydrogens is 756 g/mol. The van der Waals surface area contributed by atoms with Gasteiger partial charge in [0.2, 0.25) is 5.91 Å². The number of allylic oxidation sites excluding steroid dienone is 4. The lowest BCUT2D eigenvalue weighted by atomic mass is 10.0. The fourth-order valence-corrected chi connectivity index (χ4v) is 8.17. The lowest BCUT2D eigenvalue weighted by Crippen LogP contribution is -2.46. The van der Waals surface area contributed by atoms with Crippen molar-refractivity contribution in [3.05, 3.63) is 24.3 Å². The highest BCUT2D eigenvalue weighted by molar-refractivity contribution is 7.47. The Balaban J connectivity index is 3.73. The molecule has 3 unspecified atom stereocenters. The first-order valence-electron chi connectivity index (χ1n) is 25.2. The summed E-state index contributed by atoms with van der Waals surface area (Å²) in [4.78, 5) is 22.9. The Kier molecular flexibility index (Phi) is 41.6. The number of phosphoric ester groups is 1. The van der Waals surface area contributed by atoms with Gasteiger partial charge in [0, 0.05) is 6.42 Å². The van der Waals surface area contributed by atoms with Crippen molar-refractivity contribution in [2.75, 3.05) is 40.9 Å². The van der Waals surface area contributed by atoms with Crippen molar-refractivity contribution in [1.29, 1.82) is 0 Å². The number of nitrogens with one attached hydrogen (secondary N) is 1. The smallest absolute Gasteiger partial charge is 0.391 e. The van der Waals surface area contributed by atoms with Gasteiger partial charge in [-0.05, 0) is 44.9 Å². The molecule has 0 rings (SSSR count). The van der Waals surface area contributed by atoms with Crippen LogP contribution < -0.4 is 5.32 Å². The van der Waals surface area contributed by atoms with Crippen molar-refractivity contribution < 1.29 is 32.9 Å². The van der Waals surface area contributed by atoms with Crippen LogP contribution >= 0.6 is 7.82 Å². The molecule has 350 valence electrons. The van der Waals surface area contributed by atoms with E-state index in [1.54, 1.807) is 0 Å². The summed E-state index contributed by atoms with van der Waals surface area (Å²) in [6, 6.07) is -0.753. The molecule has 0 radical (unpaired) electrons. The Morgan fingerprint density at radius 2 is 0.966 bits per heavy atom. The van der Waals surface area contributed by atoms with Crippen LogP contribution in [-0.2, 0) is 18.4 Å². The third-order valence-corrected chi connectivity index (χ3v) is 12.4. The standard InChI is InChI=1S/C50H99N2O6P/c1-6-8-10-12-13-14-15-16-17-18-19-20-21-22-23-24-25-26-27-28-29-30-31-32-33-34-35-36-37-38-39-40-42-44-50(54)51-48(49(53)43-41-11-9-7-2)47-58-59(55,56)57-46-45-52(3,4)5/h15-16,18-19,48-49,53H,6-14,17,20-47H2,1-5H3,(H-,51,54,55,56)/p+1/b16-15-,19-18-. The zero-order chi connectivity index (χ0) is 43.6. The summed E-state index contributed by atoms with van der Waals surface area (Å²) in [5.41, 5.74) is 0. The number of aliphatic hydroxyl groups excluding tert-OH is 1. The van der Waals surface area contributed by atoms with Crippen molar-refractivity contribution in [3.63, 3.8) is 0 Å². The second kappa shape index (κ2) is 42.3. The van der Waals surface area contributed by atoms with Crippen molar-refractivity contribution in [3.8, 4) is 0 Å². The predicted octanol–water partition coefficient (Wildman–Crippen LogP) is 14.5. The zero-order valence-corrected chi connectivity index (χ0v) is 40.7. The summed E-state index contributed by atoms with van der Waals surface area (Å²) in [6.07, 6.45) is 51.6. The maximum Gasteiger partial charge on any atom is 0.472 e. The number of amides is 1. The lowest BCUT2D eigenvalue weighted by molar-refractivity contribution is -0.870. The van der Waals surface area contributed by atoms with Crippen molar-refractivity contribution in [2.24, 2.45) is 0 Å². The molecule has 3 atom stereocenters. The van der Waals surface area contributed by atoms with E-state index in [9.17, 15) is 19.4 Å².